The number of allylic oxidation sites excluding steroid dienone is 20. The van der Waals surface area contributed by atoms with Crippen molar-refractivity contribution in [1.29, 1.82) is 0 Å². The zero-order chi connectivity index (χ0) is 47.2. The fourth-order valence-electron chi connectivity index (χ4n) is 6.51. The van der Waals surface area contributed by atoms with Gasteiger partial charge in [0, 0.05) is 19.3 Å². The SMILES string of the molecule is CC/C=C\C/C=C\C/C=C\C/C=C\C/C=C\C/C=C\CCC(=O)O[C@H](COC(=O)CCCCCC/C=C\C/C=C\C/C=C\CCCCC)COC(=O)CCCCCCC/C=C\CCCC. The Morgan fingerprint density at radius 3 is 1.06 bits per heavy atom. The monoisotopic (exact) mass is 899 g/mol. The maximum Gasteiger partial charge on any atom is 0.306 e. The number of carbonyl (C=O) groups excluding carboxylic acids is 3. The highest BCUT2D eigenvalue weighted by atomic mass is 16.6. The molecule has 1 atom stereocenters. The molecule has 0 fully saturated rings. The Hall–Kier alpha value is -4.19. The van der Waals surface area contributed by atoms with Gasteiger partial charge in [0.15, 0.2) is 6.10 Å². The molecule has 0 aromatic rings. The minimum absolute atomic E-state index is 0.123. The van der Waals surface area contributed by atoms with E-state index in [-0.39, 0.29) is 31.6 Å². The van der Waals surface area contributed by atoms with Crippen molar-refractivity contribution in [3.8, 4) is 0 Å². The molecule has 6 heteroatoms. The van der Waals surface area contributed by atoms with Gasteiger partial charge in [-0.25, -0.2) is 0 Å². The molecule has 0 saturated heterocycles. The molecule has 0 N–H and O–H groups in total. The molecule has 0 amide bonds. The quantitative estimate of drug-likeness (QED) is 0.0262. The Bertz CT molecular complexity index is 1400. The highest BCUT2D eigenvalue weighted by molar-refractivity contribution is 5.71. The molecular weight excluding hydrogens is 805 g/mol. The molecule has 0 spiro atoms. The fraction of sp³-hybridized carbons (Fsp3) is 0.610. The number of unbranched alkanes of at least 4 members (excludes halogenated alkanes) is 14. The first-order valence-corrected chi connectivity index (χ1v) is 26.0. The van der Waals surface area contributed by atoms with Gasteiger partial charge in [-0.3, -0.25) is 14.4 Å². The van der Waals surface area contributed by atoms with E-state index in [2.05, 4.69) is 130 Å². The van der Waals surface area contributed by atoms with Crippen molar-refractivity contribution in [3.05, 3.63) is 122 Å². The number of rotatable bonds is 45. The van der Waals surface area contributed by atoms with E-state index in [0.717, 1.165) is 116 Å². The first-order chi connectivity index (χ1) is 32.0. The molecule has 6 nitrogen and oxygen atoms in total. The average Bonchev–Trinajstić information content (AvgIpc) is 3.30. The van der Waals surface area contributed by atoms with E-state index in [0.29, 0.717) is 19.3 Å². The second-order valence-electron chi connectivity index (χ2n) is 16.7. The minimum Gasteiger partial charge on any atom is -0.462 e. The molecule has 366 valence electrons. The number of hydrogen-bond donors (Lipinski definition) is 0. The van der Waals surface area contributed by atoms with Crippen LogP contribution >= 0.6 is 0 Å². The average molecular weight is 899 g/mol. The van der Waals surface area contributed by atoms with E-state index in [9.17, 15) is 14.4 Å². The Labute approximate surface area is 399 Å². The summed E-state index contributed by atoms with van der Waals surface area (Å²) in [6.07, 6.45) is 71.9. The van der Waals surface area contributed by atoms with E-state index in [1.165, 1.54) is 51.4 Å². The summed E-state index contributed by atoms with van der Waals surface area (Å²) >= 11 is 0. The van der Waals surface area contributed by atoms with Crippen molar-refractivity contribution >= 4 is 17.9 Å². The molecule has 0 saturated carbocycles. The zero-order valence-electron chi connectivity index (χ0n) is 41.7. The van der Waals surface area contributed by atoms with Crippen molar-refractivity contribution in [2.75, 3.05) is 13.2 Å². The molecule has 0 heterocycles. The number of ether oxygens (including phenoxy) is 3. The topological polar surface area (TPSA) is 78.9 Å². The van der Waals surface area contributed by atoms with E-state index in [1.54, 1.807) is 0 Å². The van der Waals surface area contributed by atoms with Crippen molar-refractivity contribution in [2.24, 2.45) is 0 Å². The Kier molecular flexibility index (Phi) is 49.1. The van der Waals surface area contributed by atoms with Gasteiger partial charge in [-0.2, -0.15) is 0 Å². The summed E-state index contributed by atoms with van der Waals surface area (Å²) in [6.45, 7) is 6.35. The predicted octanol–water partition coefficient (Wildman–Crippen LogP) is 17.3. The normalized spacial score (nSPS) is 13.1. The minimum atomic E-state index is -0.834. The standard InChI is InChI=1S/C59H94O6/c1-4-7-10-13-16-19-22-24-26-28-29-31-33-35-38-41-44-47-50-53-59(62)65-56(54-63-57(60)51-48-45-42-39-36-21-18-15-12-9-6-3)55-64-58(61)52-49-46-43-40-37-34-32-30-27-25-23-20-17-14-11-8-5-2/h7,10,15-20,24-27,29,31-32,34-35,38,44,47,56H,4-6,8-9,11-14,21-23,28,30,33,36-37,39-43,45-46,48-55H2,1-3H3/b10-7-,18-15-,19-16-,20-17-,26-24-,27-25-,31-29-,34-32-,38-35-,47-44-/t56-/m0/s1. The number of hydrogen-bond acceptors (Lipinski definition) is 6. The Morgan fingerprint density at radius 1 is 0.323 bits per heavy atom. The van der Waals surface area contributed by atoms with E-state index in [4.69, 9.17) is 14.2 Å². The third-order valence-electron chi connectivity index (χ3n) is 10.4. The van der Waals surface area contributed by atoms with Gasteiger partial charge in [0.2, 0.25) is 0 Å². The maximum atomic E-state index is 12.8. The summed E-state index contributed by atoms with van der Waals surface area (Å²) < 4.78 is 16.7. The molecule has 0 aliphatic rings. The summed E-state index contributed by atoms with van der Waals surface area (Å²) in [6, 6.07) is 0. The van der Waals surface area contributed by atoms with Crippen LogP contribution in [0.3, 0.4) is 0 Å². The molecule has 0 aromatic carbocycles. The van der Waals surface area contributed by atoms with Crippen molar-refractivity contribution < 1.29 is 28.6 Å². The summed E-state index contributed by atoms with van der Waals surface area (Å²) in [5.41, 5.74) is 0. The van der Waals surface area contributed by atoms with Crippen LogP contribution in [0.25, 0.3) is 0 Å². The van der Waals surface area contributed by atoms with Gasteiger partial charge < -0.3 is 14.2 Å². The van der Waals surface area contributed by atoms with Gasteiger partial charge >= 0.3 is 17.9 Å². The molecule has 0 radical (unpaired) electrons. The van der Waals surface area contributed by atoms with Crippen LogP contribution < -0.4 is 0 Å². The van der Waals surface area contributed by atoms with Gasteiger partial charge in [-0.05, 0) is 116 Å². The van der Waals surface area contributed by atoms with Crippen LogP contribution in [-0.4, -0.2) is 37.2 Å². The van der Waals surface area contributed by atoms with Crippen LogP contribution in [0, 0.1) is 0 Å². The van der Waals surface area contributed by atoms with Crippen LogP contribution in [-0.2, 0) is 28.6 Å². The first-order valence-electron chi connectivity index (χ1n) is 26.0. The molecule has 0 bridgehead atoms. The highest BCUT2D eigenvalue weighted by Crippen LogP contribution is 2.12. The Morgan fingerprint density at radius 2 is 0.646 bits per heavy atom. The van der Waals surface area contributed by atoms with Crippen molar-refractivity contribution in [1.82, 2.24) is 0 Å². The third kappa shape index (κ3) is 50.7. The van der Waals surface area contributed by atoms with Gasteiger partial charge in [0.1, 0.15) is 13.2 Å². The number of esters is 3. The zero-order valence-corrected chi connectivity index (χ0v) is 41.7. The summed E-state index contributed by atoms with van der Waals surface area (Å²) in [4.78, 5) is 37.9. The smallest absolute Gasteiger partial charge is 0.306 e. The predicted molar refractivity (Wildman–Crippen MR) is 279 cm³/mol. The lowest BCUT2D eigenvalue weighted by atomic mass is 10.1. The molecule has 0 aromatic heterocycles. The second-order valence-corrected chi connectivity index (χ2v) is 16.7. The lowest BCUT2D eigenvalue weighted by Gasteiger charge is -2.18. The second kappa shape index (κ2) is 52.4. The van der Waals surface area contributed by atoms with Crippen molar-refractivity contribution in [2.45, 2.75) is 219 Å². The van der Waals surface area contributed by atoms with E-state index >= 15 is 0 Å². The molecule has 0 aliphatic heterocycles. The van der Waals surface area contributed by atoms with Crippen LogP contribution in [0.1, 0.15) is 213 Å². The summed E-state index contributed by atoms with van der Waals surface area (Å²) in [5, 5.41) is 0. The molecule has 65 heavy (non-hydrogen) atoms. The molecule has 0 aliphatic carbocycles. The summed E-state index contributed by atoms with van der Waals surface area (Å²) in [7, 11) is 0. The lowest BCUT2D eigenvalue weighted by molar-refractivity contribution is -0.166. The summed E-state index contributed by atoms with van der Waals surface area (Å²) in [5.74, 6) is -1.05. The largest absolute Gasteiger partial charge is 0.462 e. The van der Waals surface area contributed by atoms with Crippen LogP contribution in [0.4, 0.5) is 0 Å². The third-order valence-corrected chi connectivity index (χ3v) is 10.4. The van der Waals surface area contributed by atoms with Crippen LogP contribution in [0.15, 0.2) is 122 Å². The molecular formula is C59H94O6. The van der Waals surface area contributed by atoms with Gasteiger partial charge in [0.25, 0.3) is 0 Å². The van der Waals surface area contributed by atoms with E-state index < -0.39 is 12.1 Å². The Balaban J connectivity index is 4.56. The first kappa shape index (κ1) is 60.8. The molecule has 0 rings (SSSR count). The maximum absolute atomic E-state index is 12.8. The van der Waals surface area contributed by atoms with Crippen molar-refractivity contribution in [3.63, 3.8) is 0 Å². The van der Waals surface area contributed by atoms with Crippen LogP contribution in [0.2, 0.25) is 0 Å². The van der Waals surface area contributed by atoms with Gasteiger partial charge in [-0.15, -0.1) is 0 Å². The van der Waals surface area contributed by atoms with Gasteiger partial charge in [0.05, 0.1) is 0 Å². The fourth-order valence-corrected chi connectivity index (χ4v) is 6.51. The molecule has 0 unspecified atom stereocenters. The lowest BCUT2D eigenvalue weighted by Crippen LogP contribution is -2.30. The van der Waals surface area contributed by atoms with Gasteiger partial charge in [-0.1, -0.05) is 200 Å². The highest BCUT2D eigenvalue weighted by Gasteiger charge is 2.19. The van der Waals surface area contributed by atoms with E-state index in [1.807, 2.05) is 12.2 Å². The van der Waals surface area contributed by atoms with Crippen LogP contribution in [0.5, 0.6) is 0 Å². The number of carbonyl (C=O) groups is 3.